The molecule has 0 amide bonds. The maximum atomic E-state index is 13.1. The van der Waals surface area contributed by atoms with Crippen LogP contribution in [0.2, 0.25) is 0 Å². The molecule has 0 aliphatic carbocycles. The van der Waals surface area contributed by atoms with Crippen molar-refractivity contribution in [3.05, 3.63) is 57.8 Å². The van der Waals surface area contributed by atoms with Gasteiger partial charge in [-0.25, -0.2) is 4.39 Å². The molecular weight excluding hydrogens is 420 g/mol. The Morgan fingerprint density at radius 3 is 2.24 bits per heavy atom. The molecule has 0 fully saturated rings. The van der Waals surface area contributed by atoms with E-state index >= 15 is 0 Å². The van der Waals surface area contributed by atoms with Gasteiger partial charge in [-0.1, -0.05) is 22.0 Å². The summed E-state index contributed by atoms with van der Waals surface area (Å²) in [6.07, 6.45) is -4.54. The first kappa shape index (κ1) is 16.3. The molecule has 0 saturated carbocycles. The van der Waals surface area contributed by atoms with Crippen molar-refractivity contribution in [2.45, 2.75) is 11.5 Å². The summed E-state index contributed by atoms with van der Waals surface area (Å²) in [4.78, 5) is 0. The minimum Gasteiger partial charge on any atom is -0.456 e. The van der Waals surface area contributed by atoms with E-state index < -0.39 is 17.6 Å². The van der Waals surface area contributed by atoms with Crippen LogP contribution in [0.15, 0.2) is 40.9 Å². The highest BCUT2D eigenvalue weighted by Gasteiger charge is 2.35. The number of hydrogen-bond donors (Lipinski definition) is 0. The molecule has 0 aromatic heterocycles. The fourth-order valence-electron chi connectivity index (χ4n) is 1.65. The van der Waals surface area contributed by atoms with Crippen molar-refractivity contribution in [2.75, 3.05) is 0 Å². The number of rotatable bonds is 3. The molecule has 7 heteroatoms. The van der Waals surface area contributed by atoms with E-state index in [9.17, 15) is 17.6 Å². The monoisotopic (exact) mass is 426 g/mol. The van der Waals surface area contributed by atoms with E-state index in [1.807, 2.05) is 0 Å². The number of alkyl halides is 4. The lowest BCUT2D eigenvalue weighted by atomic mass is 10.1. The van der Waals surface area contributed by atoms with Gasteiger partial charge in [-0.2, -0.15) is 13.2 Å². The van der Waals surface area contributed by atoms with Crippen LogP contribution in [0.1, 0.15) is 11.1 Å². The van der Waals surface area contributed by atoms with Crippen molar-refractivity contribution in [1.82, 2.24) is 0 Å². The van der Waals surface area contributed by atoms with Gasteiger partial charge in [-0.05, 0) is 51.8 Å². The number of ether oxygens (including phenoxy) is 1. The zero-order valence-electron chi connectivity index (χ0n) is 10.3. The lowest BCUT2D eigenvalue weighted by molar-refractivity contribution is -0.138. The lowest BCUT2D eigenvalue weighted by Crippen LogP contribution is -2.08. The minimum absolute atomic E-state index is 0.105. The fourth-order valence-corrected chi connectivity index (χ4v) is 2.43. The van der Waals surface area contributed by atoms with Gasteiger partial charge in [0.1, 0.15) is 17.3 Å². The lowest BCUT2D eigenvalue weighted by Gasteiger charge is -2.15. The van der Waals surface area contributed by atoms with Gasteiger partial charge in [0.25, 0.3) is 0 Å². The molecule has 0 bridgehead atoms. The third kappa shape index (κ3) is 3.97. The van der Waals surface area contributed by atoms with E-state index in [1.54, 1.807) is 0 Å². The summed E-state index contributed by atoms with van der Waals surface area (Å²) < 4.78 is 57.7. The maximum absolute atomic E-state index is 13.1. The normalized spacial score (nSPS) is 11.5. The first-order chi connectivity index (χ1) is 9.81. The van der Waals surface area contributed by atoms with Crippen molar-refractivity contribution in [1.29, 1.82) is 0 Å². The first-order valence-corrected chi connectivity index (χ1v) is 7.61. The summed E-state index contributed by atoms with van der Waals surface area (Å²) in [6, 6.07) is 7.28. The predicted octanol–water partition coefficient (Wildman–Crippen LogP) is 6.29. The molecule has 0 N–H and O–H groups in total. The molecule has 0 atom stereocenters. The molecule has 0 heterocycles. The second-order valence-corrected chi connectivity index (χ2v) is 5.55. The average molecular weight is 428 g/mol. The second kappa shape index (κ2) is 6.36. The standard InChI is InChI=1S/C14H8Br2F4O/c15-7-8-1-3-12(10(5-8)14(18,19)20)21-13-4-2-9(17)6-11(13)16/h1-6H,7H2. The van der Waals surface area contributed by atoms with Gasteiger partial charge >= 0.3 is 6.18 Å². The fraction of sp³-hybridized carbons (Fsp3) is 0.143. The van der Waals surface area contributed by atoms with Crippen LogP contribution in [-0.4, -0.2) is 0 Å². The molecule has 2 aromatic rings. The quantitative estimate of drug-likeness (QED) is 0.413. The van der Waals surface area contributed by atoms with E-state index in [1.165, 1.54) is 18.2 Å². The predicted molar refractivity (Wildman–Crippen MR) is 78.2 cm³/mol. The van der Waals surface area contributed by atoms with Crippen LogP contribution < -0.4 is 4.74 Å². The Balaban J connectivity index is 2.44. The highest BCUT2D eigenvalue weighted by molar-refractivity contribution is 9.10. The number of benzene rings is 2. The van der Waals surface area contributed by atoms with Crippen LogP contribution in [0.4, 0.5) is 17.6 Å². The van der Waals surface area contributed by atoms with Crippen LogP contribution >= 0.6 is 31.9 Å². The van der Waals surface area contributed by atoms with Gasteiger partial charge in [-0.3, -0.25) is 0 Å². The molecule has 0 aliphatic rings. The maximum Gasteiger partial charge on any atom is 0.419 e. The molecule has 0 unspecified atom stereocenters. The number of halogens is 6. The Morgan fingerprint density at radius 2 is 1.67 bits per heavy atom. The van der Waals surface area contributed by atoms with E-state index in [-0.39, 0.29) is 16.0 Å². The second-order valence-electron chi connectivity index (χ2n) is 4.14. The van der Waals surface area contributed by atoms with Crippen LogP contribution in [0.25, 0.3) is 0 Å². The topological polar surface area (TPSA) is 9.23 Å². The minimum atomic E-state index is -4.54. The molecule has 0 radical (unpaired) electrons. The molecule has 21 heavy (non-hydrogen) atoms. The van der Waals surface area contributed by atoms with Crippen LogP contribution in [0, 0.1) is 5.82 Å². The summed E-state index contributed by atoms with van der Waals surface area (Å²) in [5.41, 5.74) is -0.400. The van der Waals surface area contributed by atoms with Crippen molar-refractivity contribution in [3.63, 3.8) is 0 Å². The molecule has 2 rings (SSSR count). The third-order valence-electron chi connectivity index (χ3n) is 2.62. The molecular formula is C14H8Br2F4O. The highest BCUT2D eigenvalue weighted by atomic mass is 79.9. The van der Waals surface area contributed by atoms with Crippen molar-refractivity contribution in [2.24, 2.45) is 0 Å². The molecule has 0 spiro atoms. The summed E-state index contributed by atoms with van der Waals surface area (Å²) in [5.74, 6) is -0.743. The summed E-state index contributed by atoms with van der Waals surface area (Å²) in [7, 11) is 0. The Bertz CT molecular complexity index is 656. The SMILES string of the molecule is Fc1ccc(Oc2ccc(CBr)cc2C(F)(F)F)c(Br)c1. The Hall–Kier alpha value is -1.08. The number of hydrogen-bond acceptors (Lipinski definition) is 1. The van der Waals surface area contributed by atoms with Gasteiger partial charge in [-0.15, -0.1) is 0 Å². The van der Waals surface area contributed by atoms with E-state index in [0.717, 1.165) is 18.2 Å². The third-order valence-corrected chi connectivity index (χ3v) is 3.88. The zero-order valence-corrected chi connectivity index (χ0v) is 13.5. The summed E-state index contributed by atoms with van der Waals surface area (Å²) in [5, 5.41) is 0.302. The van der Waals surface area contributed by atoms with Crippen LogP contribution in [0.5, 0.6) is 11.5 Å². The van der Waals surface area contributed by atoms with Gasteiger partial charge in [0.2, 0.25) is 0 Å². The van der Waals surface area contributed by atoms with E-state index in [4.69, 9.17) is 4.74 Å². The van der Waals surface area contributed by atoms with Gasteiger partial charge < -0.3 is 4.74 Å². The van der Waals surface area contributed by atoms with Crippen molar-refractivity contribution >= 4 is 31.9 Å². The Kier molecular flexibility index (Phi) is 4.93. The molecule has 0 saturated heterocycles. The van der Waals surface area contributed by atoms with Crippen LogP contribution in [0.3, 0.4) is 0 Å². The van der Waals surface area contributed by atoms with Crippen molar-refractivity contribution < 1.29 is 22.3 Å². The molecule has 112 valence electrons. The highest BCUT2D eigenvalue weighted by Crippen LogP contribution is 2.40. The van der Waals surface area contributed by atoms with Gasteiger partial charge in [0.15, 0.2) is 0 Å². The first-order valence-electron chi connectivity index (χ1n) is 5.70. The Morgan fingerprint density at radius 1 is 1.00 bits per heavy atom. The average Bonchev–Trinajstić information content (AvgIpc) is 2.41. The zero-order chi connectivity index (χ0) is 15.6. The summed E-state index contributed by atoms with van der Waals surface area (Å²) in [6.45, 7) is 0. The van der Waals surface area contributed by atoms with E-state index in [0.29, 0.717) is 10.9 Å². The van der Waals surface area contributed by atoms with Gasteiger partial charge in [0.05, 0.1) is 10.0 Å². The Labute approximate surface area is 135 Å². The smallest absolute Gasteiger partial charge is 0.419 e. The largest absolute Gasteiger partial charge is 0.456 e. The van der Waals surface area contributed by atoms with Crippen molar-refractivity contribution in [3.8, 4) is 11.5 Å². The molecule has 2 aromatic carbocycles. The van der Waals surface area contributed by atoms with Crippen LogP contribution in [-0.2, 0) is 11.5 Å². The summed E-state index contributed by atoms with van der Waals surface area (Å²) >= 11 is 6.17. The molecule has 1 nitrogen and oxygen atoms in total. The van der Waals surface area contributed by atoms with E-state index in [2.05, 4.69) is 31.9 Å². The van der Waals surface area contributed by atoms with Gasteiger partial charge in [0, 0.05) is 5.33 Å². The molecule has 0 aliphatic heterocycles.